The predicted molar refractivity (Wildman–Crippen MR) is 143 cm³/mol. The summed E-state index contributed by atoms with van der Waals surface area (Å²) in [5.41, 5.74) is 0.462. The smallest absolute Gasteiger partial charge is 0.392 e. The van der Waals surface area contributed by atoms with Crippen molar-refractivity contribution in [2.75, 3.05) is 20.3 Å². The average Bonchev–Trinajstić information content (AvgIpc) is 2.86. The van der Waals surface area contributed by atoms with Gasteiger partial charge in [-0.25, -0.2) is 0 Å². The molecular weight excluding hydrogens is 558 g/mol. The van der Waals surface area contributed by atoms with Crippen molar-refractivity contribution < 1.29 is 19.3 Å². The van der Waals surface area contributed by atoms with Crippen LogP contribution in [0, 0.1) is 5.39 Å². The molecule has 0 saturated carbocycles. The Kier molecular flexibility index (Phi) is 13.0. The van der Waals surface area contributed by atoms with E-state index in [-0.39, 0.29) is 36.6 Å². The molecule has 1 N–H and O–H groups in total. The third kappa shape index (κ3) is 8.70. The first-order valence-electron chi connectivity index (χ1n) is 11.0. The summed E-state index contributed by atoms with van der Waals surface area (Å²) in [4.78, 5) is 2.81. The third-order valence-electron chi connectivity index (χ3n) is 5.10. The fourth-order valence-corrected chi connectivity index (χ4v) is 4.46. The van der Waals surface area contributed by atoms with Crippen LogP contribution in [0.15, 0.2) is 24.4 Å². The van der Waals surface area contributed by atoms with Gasteiger partial charge in [-0.1, -0.05) is 90.1 Å². The van der Waals surface area contributed by atoms with Gasteiger partial charge in [-0.15, -0.1) is 0 Å². The molecule has 0 saturated heterocycles. The molecule has 35 heavy (non-hydrogen) atoms. The molecule has 0 bridgehead atoms. The van der Waals surface area contributed by atoms with E-state index in [0.717, 1.165) is 51.1 Å². The van der Waals surface area contributed by atoms with Crippen molar-refractivity contribution in [2.45, 2.75) is 44.9 Å². The lowest BCUT2D eigenvalue weighted by Gasteiger charge is -2.13. The van der Waals surface area contributed by atoms with E-state index >= 15 is 0 Å². The Morgan fingerprint density at radius 3 is 1.86 bits per heavy atom. The normalized spacial score (nSPS) is 11.3. The second kappa shape index (κ2) is 15.4. The highest BCUT2D eigenvalue weighted by atomic mass is 35.5. The van der Waals surface area contributed by atoms with Crippen molar-refractivity contribution in [3.05, 3.63) is 60.1 Å². The molecule has 2 aromatic rings. The minimum atomic E-state index is -0.171. The van der Waals surface area contributed by atoms with Gasteiger partial charge in [-0.05, 0) is 31.0 Å². The van der Waals surface area contributed by atoms with E-state index in [9.17, 15) is 5.11 Å². The van der Waals surface area contributed by atoms with Crippen molar-refractivity contribution in [3.8, 4) is 17.2 Å². The number of rotatable bonds is 14. The highest BCUT2D eigenvalue weighted by Crippen LogP contribution is 2.48. The molecule has 0 fully saturated rings. The first-order chi connectivity index (χ1) is 16.8. The number of diazo groups is 1. The summed E-state index contributed by atoms with van der Waals surface area (Å²) in [6, 6.07) is 4.99. The zero-order chi connectivity index (χ0) is 25.8. The minimum Gasteiger partial charge on any atom is -0.501 e. The zero-order valence-electron chi connectivity index (χ0n) is 19.1. The van der Waals surface area contributed by atoms with Gasteiger partial charge in [0.2, 0.25) is 11.2 Å². The van der Waals surface area contributed by atoms with Gasteiger partial charge in [0, 0.05) is 5.56 Å². The van der Waals surface area contributed by atoms with E-state index in [2.05, 4.69) is 4.98 Å². The molecule has 0 amide bonds. The number of halogens is 5. The summed E-state index contributed by atoms with van der Waals surface area (Å²) in [6.45, 7) is 1.01. The summed E-state index contributed by atoms with van der Waals surface area (Å²) < 4.78 is 16.8. The number of methoxy groups -OCH3 is 1. The Morgan fingerprint density at radius 2 is 1.31 bits per heavy atom. The molecule has 0 spiro atoms. The lowest BCUT2D eigenvalue weighted by atomic mass is 10.1. The van der Waals surface area contributed by atoms with Crippen LogP contribution in [0.4, 0.5) is 0 Å². The molecule has 6 nitrogen and oxygen atoms in total. The Labute approximate surface area is 230 Å². The molecule has 0 aliphatic heterocycles. The van der Waals surface area contributed by atoms with Crippen molar-refractivity contribution in [1.29, 1.82) is 5.39 Å². The van der Waals surface area contributed by atoms with E-state index in [1.54, 1.807) is 18.2 Å². The van der Waals surface area contributed by atoms with E-state index in [4.69, 9.17) is 77.6 Å². The van der Waals surface area contributed by atoms with Crippen LogP contribution in [0.25, 0.3) is 10.7 Å². The minimum absolute atomic E-state index is 0.113. The van der Waals surface area contributed by atoms with Gasteiger partial charge >= 0.3 is 6.20 Å². The highest BCUT2D eigenvalue weighted by Gasteiger charge is 2.20. The van der Waals surface area contributed by atoms with E-state index in [1.807, 2.05) is 0 Å². The number of aliphatic hydroxyl groups is 1. The first kappa shape index (κ1) is 29.5. The molecule has 190 valence electrons. The molecule has 11 heteroatoms. The molecule has 0 aliphatic rings. The van der Waals surface area contributed by atoms with Crippen molar-refractivity contribution >= 4 is 63.8 Å². The van der Waals surface area contributed by atoms with Gasteiger partial charge in [0.1, 0.15) is 10.0 Å². The number of unbranched alkanes of at least 4 members (excludes halogenated alkanes) is 6. The van der Waals surface area contributed by atoms with Crippen LogP contribution in [-0.2, 0) is 0 Å². The zero-order valence-corrected chi connectivity index (χ0v) is 22.9. The highest BCUT2D eigenvalue weighted by molar-refractivity contribution is 6.55. The van der Waals surface area contributed by atoms with Crippen LogP contribution in [0.2, 0.25) is 25.1 Å². The number of hydrogen-bond acceptors (Lipinski definition) is 5. The Bertz CT molecular complexity index is 1040. The van der Waals surface area contributed by atoms with E-state index in [0.29, 0.717) is 30.3 Å². The number of benzene rings is 2. The summed E-state index contributed by atoms with van der Waals surface area (Å²) in [7, 11) is 1.52. The first-order valence-corrected chi connectivity index (χ1v) is 12.9. The largest absolute Gasteiger partial charge is 0.501 e. The van der Waals surface area contributed by atoms with Gasteiger partial charge in [0.05, 0.1) is 35.4 Å². The maximum absolute atomic E-state index is 9.78. The summed E-state index contributed by atoms with van der Waals surface area (Å²) in [5.74, 6) is 1.17. The molecule has 2 aromatic carbocycles. The van der Waals surface area contributed by atoms with E-state index < -0.39 is 0 Å². The van der Waals surface area contributed by atoms with Crippen LogP contribution in [0.1, 0.15) is 50.5 Å². The van der Waals surface area contributed by atoms with Gasteiger partial charge in [0.15, 0.2) is 22.2 Å². The van der Waals surface area contributed by atoms with Crippen molar-refractivity contribution in [2.24, 2.45) is 0 Å². The van der Waals surface area contributed by atoms with Crippen LogP contribution in [-0.4, -0.2) is 25.4 Å². The molecule has 2 rings (SSSR count). The summed E-state index contributed by atoms with van der Waals surface area (Å²) in [6.07, 6.45) is 8.06. The predicted octanol–water partition coefficient (Wildman–Crippen LogP) is 9.86. The Morgan fingerprint density at radius 1 is 0.800 bits per heavy atom. The molecule has 0 radical (unpaired) electrons. The van der Waals surface area contributed by atoms with Gasteiger partial charge < -0.3 is 19.3 Å². The molecule has 0 heterocycles. The standard InChI is InChI=1S/C24H25Cl5N2O4/c1-33-18-13-15(16(32)14-31-30)9-10-17(18)34-11-7-5-3-2-4-6-8-12-35-24-22(28)20(26)19(25)21(27)23(24)29/h9-10,13-14H,2-8,11-12H2,1H3/p+1/b16-14-. The lowest BCUT2D eigenvalue weighted by Crippen LogP contribution is -2.00. The molecule has 0 aromatic heterocycles. The maximum Gasteiger partial charge on any atom is 0.392 e. The molecular formula is C24H26Cl5N2O4+. The topological polar surface area (TPSA) is 76.1 Å². The fourth-order valence-electron chi connectivity index (χ4n) is 3.23. The molecule has 0 atom stereocenters. The lowest BCUT2D eigenvalue weighted by molar-refractivity contribution is 0.284. The quantitative estimate of drug-likeness (QED) is 0.0787. The van der Waals surface area contributed by atoms with Gasteiger partial charge in [-0.3, -0.25) is 0 Å². The number of ether oxygens (including phenoxy) is 3. The van der Waals surface area contributed by atoms with E-state index in [1.165, 1.54) is 7.11 Å². The Hall–Kier alpha value is -1.75. The summed E-state index contributed by atoms with van der Waals surface area (Å²) >= 11 is 30.4. The molecule has 0 aliphatic carbocycles. The van der Waals surface area contributed by atoms with Crippen LogP contribution < -0.4 is 14.2 Å². The van der Waals surface area contributed by atoms with Crippen molar-refractivity contribution in [1.82, 2.24) is 0 Å². The fraction of sp³-hybridized carbons (Fsp3) is 0.417. The number of hydrogen-bond donors (Lipinski definition) is 1. The molecule has 0 unspecified atom stereocenters. The van der Waals surface area contributed by atoms with Crippen LogP contribution in [0.3, 0.4) is 0 Å². The second-order valence-corrected chi connectivity index (χ2v) is 9.46. The average molecular weight is 584 g/mol. The number of nitrogens with zero attached hydrogens (tertiary/aromatic N) is 2. The third-order valence-corrected chi connectivity index (χ3v) is 7.34. The van der Waals surface area contributed by atoms with Crippen LogP contribution in [0.5, 0.6) is 17.2 Å². The number of aliphatic hydroxyl groups excluding tert-OH is 1. The SMILES string of the molecule is COc1cc(/C(O)=C/[N+]#N)ccc1OCCCCCCCCCOc1c(Cl)c(Cl)c(Cl)c(Cl)c1Cl. The maximum atomic E-state index is 9.78. The monoisotopic (exact) mass is 581 g/mol. The van der Waals surface area contributed by atoms with Crippen molar-refractivity contribution in [3.63, 3.8) is 0 Å². The van der Waals surface area contributed by atoms with Crippen LogP contribution >= 0.6 is 58.0 Å². The Balaban J connectivity index is 1.60. The summed E-state index contributed by atoms with van der Waals surface area (Å²) in [5, 5.41) is 19.0. The second-order valence-electron chi connectivity index (χ2n) is 7.57. The van der Waals surface area contributed by atoms with Gasteiger partial charge in [-0.2, -0.15) is 0 Å². The van der Waals surface area contributed by atoms with Gasteiger partial charge in [0.25, 0.3) is 0 Å².